The zero-order valence-electron chi connectivity index (χ0n) is 12.6. The number of benzene rings is 1. The maximum Gasteiger partial charge on any atom is 0.253 e. The van der Waals surface area contributed by atoms with Gasteiger partial charge in [-0.05, 0) is 46.6 Å². The van der Waals surface area contributed by atoms with Crippen molar-refractivity contribution in [1.82, 2.24) is 10.3 Å². The lowest BCUT2D eigenvalue weighted by molar-refractivity contribution is 0.0939. The highest BCUT2D eigenvalue weighted by Gasteiger charge is 2.13. The third-order valence-corrected chi connectivity index (χ3v) is 3.85. The van der Waals surface area contributed by atoms with Crippen molar-refractivity contribution in [3.63, 3.8) is 0 Å². The van der Waals surface area contributed by atoms with Gasteiger partial charge in [0.2, 0.25) is 5.88 Å². The molecule has 1 amide bonds. The van der Waals surface area contributed by atoms with Crippen LogP contribution >= 0.6 is 15.9 Å². The summed E-state index contributed by atoms with van der Waals surface area (Å²) in [6.45, 7) is 1.92. The molecule has 6 heteroatoms. The van der Waals surface area contributed by atoms with Crippen LogP contribution in [-0.4, -0.2) is 25.1 Å². The second kappa shape index (κ2) is 7.26. The Labute approximate surface area is 137 Å². The minimum absolute atomic E-state index is 0.142. The fourth-order valence-electron chi connectivity index (χ4n) is 1.95. The van der Waals surface area contributed by atoms with Gasteiger partial charge in [0.15, 0.2) is 0 Å². The molecule has 0 aliphatic heterocycles. The summed E-state index contributed by atoms with van der Waals surface area (Å²) in [6.07, 6.45) is 1.49. The molecule has 0 fully saturated rings. The van der Waals surface area contributed by atoms with Crippen LogP contribution in [0.3, 0.4) is 0 Å². The molecule has 0 radical (unpaired) electrons. The van der Waals surface area contributed by atoms with Gasteiger partial charge < -0.3 is 14.8 Å². The third-order valence-electron chi connectivity index (χ3n) is 3.23. The predicted molar refractivity (Wildman–Crippen MR) is 87.4 cm³/mol. The van der Waals surface area contributed by atoms with Gasteiger partial charge in [-0.15, -0.1) is 0 Å². The van der Waals surface area contributed by atoms with Crippen molar-refractivity contribution >= 4 is 21.8 Å². The quantitative estimate of drug-likeness (QED) is 0.883. The highest BCUT2D eigenvalue weighted by molar-refractivity contribution is 9.10. The van der Waals surface area contributed by atoms with Crippen LogP contribution in [0.4, 0.5) is 0 Å². The number of rotatable bonds is 5. The number of ether oxygens (including phenoxy) is 2. The number of nitrogens with zero attached hydrogens (tertiary/aromatic N) is 1. The van der Waals surface area contributed by atoms with Crippen LogP contribution in [0.15, 0.2) is 41.0 Å². The number of hydrogen-bond donors (Lipinski definition) is 1. The van der Waals surface area contributed by atoms with E-state index < -0.39 is 0 Å². The first kappa shape index (κ1) is 16.3. The number of nitrogens with one attached hydrogen (secondary N) is 1. The number of pyridine rings is 1. The fourth-order valence-corrected chi connectivity index (χ4v) is 2.51. The molecule has 1 atom stereocenters. The Hall–Kier alpha value is -2.08. The Balaban J connectivity index is 2.08. The van der Waals surface area contributed by atoms with Crippen LogP contribution in [-0.2, 0) is 0 Å². The van der Waals surface area contributed by atoms with Gasteiger partial charge in [0.1, 0.15) is 5.75 Å². The number of methoxy groups -OCH3 is 2. The average Bonchev–Trinajstić information content (AvgIpc) is 2.54. The van der Waals surface area contributed by atoms with Crippen LogP contribution in [0.2, 0.25) is 0 Å². The Bertz CT molecular complexity index is 659. The highest BCUT2D eigenvalue weighted by atomic mass is 79.9. The van der Waals surface area contributed by atoms with Gasteiger partial charge in [0.25, 0.3) is 5.91 Å². The summed E-state index contributed by atoms with van der Waals surface area (Å²) in [5, 5.41) is 2.93. The predicted octanol–water partition coefficient (Wildman–Crippen LogP) is 3.35. The van der Waals surface area contributed by atoms with Crippen LogP contribution < -0.4 is 14.8 Å². The second-order valence-corrected chi connectivity index (χ2v) is 5.53. The third kappa shape index (κ3) is 3.76. The molecule has 2 aromatic rings. The average molecular weight is 365 g/mol. The molecule has 0 aliphatic rings. The van der Waals surface area contributed by atoms with Crippen molar-refractivity contribution in [1.29, 1.82) is 0 Å². The van der Waals surface area contributed by atoms with Crippen molar-refractivity contribution in [2.75, 3.05) is 14.2 Å². The molecule has 0 saturated carbocycles. The molecule has 1 heterocycles. The summed E-state index contributed by atoms with van der Waals surface area (Å²) in [5.74, 6) is 1.04. The monoisotopic (exact) mass is 364 g/mol. The summed E-state index contributed by atoms with van der Waals surface area (Å²) in [5.41, 5.74) is 1.46. The first-order valence-corrected chi connectivity index (χ1v) is 7.48. The first-order chi connectivity index (χ1) is 10.5. The van der Waals surface area contributed by atoms with Gasteiger partial charge in [0, 0.05) is 12.3 Å². The molecule has 22 heavy (non-hydrogen) atoms. The van der Waals surface area contributed by atoms with Gasteiger partial charge >= 0.3 is 0 Å². The zero-order valence-corrected chi connectivity index (χ0v) is 14.2. The Morgan fingerprint density at radius 2 is 2.00 bits per heavy atom. The van der Waals surface area contributed by atoms with Crippen molar-refractivity contribution < 1.29 is 14.3 Å². The van der Waals surface area contributed by atoms with Crippen LogP contribution in [0, 0.1) is 0 Å². The molecule has 0 saturated heterocycles. The molecule has 1 aromatic heterocycles. The normalized spacial score (nSPS) is 11.6. The lowest BCUT2D eigenvalue weighted by Gasteiger charge is -2.15. The van der Waals surface area contributed by atoms with E-state index in [0.29, 0.717) is 11.4 Å². The van der Waals surface area contributed by atoms with E-state index in [-0.39, 0.29) is 11.9 Å². The largest absolute Gasteiger partial charge is 0.496 e. The summed E-state index contributed by atoms with van der Waals surface area (Å²) in [4.78, 5) is 16.2. The van der Waals surface area contributed by atoms with Crippen molar-refractivity contribution in [2.45, 2.75) is 13.0 Å². The molecular formula is C16H17BrN2O3. The standard InChI is InChI=1S/C16H17BrN2O3/c1-10(11-4-6-14(21-2)13(17)8-11)19-16(20)12-5-7-15(22-3)18-9-12/h4-10H,1-3H3,(H,19,20). The summed E-state index contributed by atoms with van der Waals surface area (Å²) in [7, 11) is 3.15. The molecule has 1 aromatic carbocycles. The van der Waals surface area contributed by atoms with Crippen LogP contribution in [0.1, 0.15) is 28.9 Å². The van der Waals surface area contributed by atoms with E-state index in [9.17, 15) is 4.79 Å². The number of halogens is 1. The SMILES string of the molecule is COc1ccc(C(=O)NC(C)c2ccc(OC)c(Br)c2)cn1. The van der Waals surface area contributed by atoms with E-state index in [1.165, 1.54) is 13.3 Å². The maximum atomic E-state index is 12.2. The summed E-state index contributed by atoms with van der Waals surface area (Å²) in [6, 6.07) is 8.90. The van der Waals surface area contributed by atoms with Gasteiger partial charge in [-0.25, -0.2) is 4.98 Å². The first-order valence-electron chi connectivity index (χ1n) is 6.69. The fraction of sp³-hybridized carbons (Fsp3) is 0.250. The second-order valence-electron chi connectivity index (χ2n) is 4.68. The zero-order chi connectivity index (χ0) is 16.1. The number of amides is 1. The maximum absolute atomic E-state index is 12.2. The molecule has 5 nitrogen and oxygen atoms in total. The van der Waals surface area contributed by atoms with Crippen molar-refractivity contribution in [3.05, 3.63) is 52.1 Å². The summed E-state index contributed by atoms with van der Waals surface area (Å²) < 4.78 is 11.0. The Morgan fingerprint density at radius 1 is 1.23 bits per heavy atom. The van der Waals surface area contributed by atoms with Gasteiger partial charge in [0.05, 0.1) is 30.3 Å². The van der Waals surface area contributed by atoms with E-state index in [4.69, 9.17) is 9.47 Å². The van der Waals surface area contributed by atoms with E-state index in [1.54, 1.807) is 19.2 Å². The molecule has 0 bridgehead atoms. The highest BCUT2D eigenvalue weighted by Crippen LogP contribution is 2.28. The van der Waals surface area contributed by atoms with Gasteiger partial charge in [-0.3, -0.25) is 4.79 Å². The van der Waals surface area contributed by atoms with Crippen molar-refractivity contribution in [2.24, 2.45) is 0 Å². The van der Waals surface area contributed by atoms with Gasteiger partial charge in [-0.2, -0.15) is 0 Å². The number of carbonyl (C=O) groups is 1. The molecule has 0 spiro atoms. The Kier molecular flexibility index (Phi) is 5.38. The molecule has 1 unspecified atom stereocenters. The molecule has 0 aliphatic carbocycles. The van der Waals surface area contributed by atoms with E-state index in [1.807, 2.05) is 25.1 Å². The lowest BCUT2D eigenvalue weighted by atomic mass is 10.1. The van der Waals surface area contributed by atoms with Crippen molar-refractivity contribution in [3.8, 4) is 11.6 Å². The molecule has 1 N–H and O–H groups in total. The smallest absolute Gasteiger partial charge is 0.253 e. The van der Waals surface area contributed by atoms with Crippen LogP contribution in [0.5, 0.6) is 11.6 Å². The number of carbonyl (C=O) groups excluding carboxylic acids is 1. The topological polar surface area (TPSA) is 60.5 Å². The number of aromatic nitrogens is 1. The van der Waals surface area contributed by atoms with Crippen LogP contribution in [0.25, 0.3) is 0 Å². The molecule has 116 valence electrons. The van der Waals surface area contributed by atoms with E-state index in [2.05, 4.69) is 26.2 Å². The van der Waals surface area contributed by atoms with E-state index >= 15 is 0 Å². The Morgan fingerprint density at radius 3 is 2.55 bits per heavy atom. The van der Waals surface area contributed by atoms with E-state index in [0.717, 1.165) is 15.8 Å². The number of hydrogen-bond acceptors (Lipinski definition) is 4. The molecule has 2 rings (SSSR count). The van der Waals surface area contributed by atoms with Gasteiger partial charge in [-0.1, -0.05) is 6.07 Å². The minimum atomic E-state index is -0.186. The molecular weight excluding hydrogens is 348 g/mol. The summed E-state index contributed by atoms with van der Waals surface area (Å²) >= 11 is 3.44. The lowest BCUT2D eigenvalue weighted by Crippen LogP contribution is -2.26. The minimum Gasteiger partial charge on any atom is -0.496 e.